The molecule has 4 amide bonds. The van der Waals surface area contributed by atoms with Crippen molar-refractivity contribution in [2.45, 2.75) is 156 Å². The van der Waals surface area contributed by atoms with Crippen LogP contribution in [0.3, 0.4) is 0 Å². The van der Waals surface area contributed by atoms with Gasteiger partial charge in [-0.05, 0) is 92.4 Å². The molecule has 0 saturated carbocycles. The van der Waals surface area contributed by atoms with E-state index in [1.54, 1.807) is 31.7 Å². The summed E-state index contributed by atoms with van der Waals surface area (Å²) in [5.41, 5.74) is -1.65. The van der Waals surface area contributed by atoms with E-state index in [0.29, 0.717) is 44.6 Å². The molecule has 2 aliphatic heterocycles. The standard InChI is InChI=1S/C33H59N5O6/c1-21(2)18-23(35-30(42)44-31(5,6)7)14-12-16-26(39)37-17-13-15-25(37)28(40)36-27(22(3)4)29(41)34-24-19-32(8,9)38(43)33(10,11)20-24/h12,14,21-25,27,43H,13,15-20H2,1-11H3,(H,34,41)(H,35,42)(H,36,40)/b14-12+/t23-,25+,27-/m1/s1. The molecule has 0 aliphatic carbocycles. The lowest BCUT2D eigenvalue weighted by molar-refractivity contribution is -0.246. The minimum atomic E-state index is -0.756. The maximum atomic E-state index is 13.5. The number of carbonyl (C=O) groups is 4. The number of ether oxygens (including phenoxy) is 1. The van der Waals surface area contributed by atoms with Crippen molar-refractivity contribution in [3.63, 3.8) is 0 Å². The normalized spacial score (nSPS) is 22.2. The van der Waals surface area contributed by atoms with E-state index in [4.69, 9.17) is 4.74 Å². The molecule has 11 nitrogen and oxygen atoms in total. The minimum Gasteiger partial charge on any atom is -0.444 e. The van der Waals surface area contributed by atoms with Crippen molar-refractivity contribution < 1.29 is 29.1 Å². The Morgan fingerprint density at radius 1 is 1.00 bits per heavy atom. The molecule has 0 spiro atoms. The SMILES string of the molecule is CC(C)C[C@@H](/C=C/CC(=O)N1CCC[C@H]1C(=O)N[C@@H](C(=O)NC1CC(C)(C)N(O)C(C)(C)C1)C(C)C)NC(=O)OC(C)(C)C. The number of piperidine rings is 1. The highest BCUT2D eigenvalue weighted by Gasteiger charge is 2.46. The molecule has 0 bridgehead atoms. The van der Waals surface area contributed by atoms with Gasteiger partial charge in [-0.2, -0.15) is 5.06 Å². The van der Waals surface area contributed by atoms with Crippen LogP contribution in [0.15, 0.2) is 12.2 Å². The first kappa shape index (κ1) is 37.5. The molecule has 2 aliphatic rings. The van der Waals surface area contributed by atoms with E-state index < -0.39 is 34.9 Å². The van der Waals surface area contributed by atoms with Gasteiger partial charge >= 0.3 is 6.09 Å². The van der Waals surface area contributed by atoms with Crippen molar-refractivity contribution in [2.75, 3.05) is 6.54 Å². The van der Waals surface area contributed by atoms with Crippen molar-refractivity contribution in [1.82, 2.24) is 25.9 Å². The second kappa shape index (κ2) is 15.1. The number of amides is 4. The zero-order valence-electron chi connectivity index (χ0n) is 29.0. The molecule has 252 valence electrons. The lowest BCUT2D eigenvalue weighted by Gasteiger charge is -2.51. The molecule has 0 aromatic rings. The Morgan fingerprint density at radius 2 is 1.59 bits per heavy atom. The van der Waals surface area contributed by atoms with Gasteiger partial charge in [-0.1, -0.05) is 39.8 Å². The number of nitrogens with zero attached hydrogens (tertiary/aromatic N) is 2. The van der Waals surface area contributed by atoms with Crippen LogP contribution >= 0.6 is 0 Å². The summed E-state index contributed by atoms with van der Waals surface area (Å²) in [6.07, 6.45) is 6.20. The van der Waals surface area contributed by atoms with Crippen LogP contribution in [-0.4, -0.2) is 86.4 Å². The Labute approximate surface area is 264 Å². The van der Waals surface area contributed by atoms with Gasteiger partial charge in [0.25, 0.3) is 0 Å². The van der Waals surface area contributed by atoms with Crippen molar-refractivity contribution >= 4 is 23.8 Å². The largest absolute Gasteiger partial charge is 0.444 e. The Kier molecular flexibility index (Phi) is 12.9. The van der Waals surface area contributed by atoms with Gasteiger partial charge in [-0.15, -0.1) is 0 Å². The molecule has 2 saturated heterocycles. The van der Waals surface area contributed by atoms with Crippen LogP contribution in [0.4, 0.5) is 4.79 Å². The number of likely N-dealkylation sites (tertiary alicyclic amines) is 1. The van der Waals surface area contributed by atoms with Gasteiger partial charge in [-0.3, -0.25) is 14.4 Å². The lowest BCUT2D eigenvalue weighted by Crippen LogP contribution is -2.64. The van der Waals surface area contributed by atoms with Gasteiger partial charge in [-0.25, -0.2) is 4.79 Å². The summed E-state index contributed by atoms with van der Waals surface area (Å²) in [7, 11) is 0. The molecule has 3 atom stereocenters. The van der Waals surface area contributed by atoms with Crippen LogP contribution in [0.1, 0.15) is 115 Å². The maximum absolute atomic E-state index is 13.5. The molecule has 2 fully saturated rings. The fourth-order valence-electron chi connectivity index (χ4n) is 6.39. The predicted molar refractivity (Wildman–Crippen MR) is 171 cm³/mol. The second-order valence-electron chi connectivity index (χ2n) is 15.5. The first-order chi connectivity index (χ1) is 20.1. The Bertz CT molecular complexity index is 1030. The van der Waals surface area contributed by atoms with Crippen molar-refractivity contribution in [3.05, 3.63) is 12.2 Å². The number of hydrogen-bond acceptors (Lipinski definition) is 7. The molecule has 44 heavy (non-hydrogen) atoms. The smallest absolute Gasteiger partial charge is 0.408 e. The zero-order valence-corrected chi connectivity index (χ0v) is 29.0. The van der Waals surface area contributed by atoms with Crippen molar-refractivity contribution in [3.8, 4) is 0 Å². The van der Waals surface area contributed by atoms with E-state index in [1.807, 2.05) is 47.6 Å². The number of alkyl carbamates (subject to hydrolysis) is 1. The average Bonchev–Trinajstić information content (AvgIpc) is 3.33. The third-order valence-electron chi connectivity index (χ3n) is 8.20. The highest BCUT2D eigenvalue weighted by atomic mass is 16.6. The van der Waals surface area contributed by atoms with E-state index in [1.165, 1.54) is 5.06 Å². The van der Waals surface area contributed by atoms with Gasteiger partial charge in [0.2, 0.25) is 17.7 Å². The van der Waals surface area contributed by atoms with E-state index >= 15 is 0 Å². The summed E-state index contributed by atoms with van der Waals surface area (Å²) in [5.74, 6) is -0.617. The molecular weight excluding hydrogens is 562 g/mol. The fraction of sp³-hybridized carbons (Fsp3) is 0.818. The first-order valence-corrected chi connectivity index (χ1v) is 16.2. The minimum absolute atomic E-state index is 0.0948. The molecule has 4 N–H and O–H groups in total. The monoisotopic (exact) mass is 621 g/mol. The summed E-state index contributed by atoms with van der Waals surface area (Å²) < 4.78 is 5.39. The van der Waals surface area contributed by atoms with Gasteiger partial charge in [0, 0.05) is 30.1 Å². The van der Waals surface area contributed by atoms with Crippen molar-refractivity contribution in [1.29, 1.82) is 0 Å². The van der Waals surface area contributed by atoms with Crippen LogP contribution in [0.5, 0.6) is 0 Å². The molecule has 11 heteroatoms. The zero-order chi connectivity index (χ0) is 33.6. The van der Waals surface area contributed by atoms with Gasteiger partial charge in [0.05, 0.1) is 6.04 Å². The third kappa shape index (κ3) is 11.1. The molecule has 0 radical (unpaired) electrons. The lowest BCUT2D eigenvalue weighted by atomic mass is 9.79. The Balaban J connectivity index is 2.03. The number of rotatable bonds is 11. The third-order valence-corrected chi connectivity index (χ3v) is 8.20. The number of nitrogens with one attached hydrogen (secondary N) is 3. The summed E-state index contributed by atoms with van der Waals surface area (Å²) in [6, 6.07) is -1.85. The number of hydroxylamine groups is 2. The highest BCUT2D eigenvalue weighted by molar-refractivity contribution is 5.92. The predicted octanol–water partition coefficient (Wildman–Crippen LogP) is 4.53. The van der Waals surface area contributed by atoms with Crippen LogP contribution in [0, 0.1) is 11.8 Å². The second-order valence-corrected chi connectivity index (χ2v) is 15.5. The van der Waals surface area contributed by atoms with E-state index in [0.717, 1.165) is 0 Å². The van der Waals surface area contributed by atoms with E-state index in [2.05, 4.69) is 29.8 Å². The first-order valence-electron chi connectivity index (χ1n) is 16.2. The molecule has 0 aromatic heterocycles. The quantitative estimate of drug-likeness (QED) is 0.249. The summed E-state index contributed by atoms with van der Waals surface area (Å²) in [6.45, 7) is 21.5. The van der Waals surface area contributed by atoms with Crippen LogP contribution < -0.4 is 16.0 Å². The molecule has 2 heterocycles. The van der Waals surface area contributed by atoms with E-state index in [-0.39, 0.29) is 42.1 Å². The van der Waals surface area contributed by atoms with Crippen LogP contribution in [0.2, 0.25) is 0 Å². The summed E-state index contributed by atoms with van der Waals surface area (Å²) in [4.78, 5) is 54.0. The molecule has 0 aromatic carbocycles. The highest BCUT2D eigenvalue weighted by Crippen LogP contribution is 2.36. The summed E-state index contributed by atoms with van der Waals surface area (Å²) >= 11 is 0. The molecular formula is C33H59N5O6. The Morgan fingerprint density at radius 3 is 2.11 bits per heavy atom. The number of hydrogen-bond donors (Lipinski definition) is 4. The van der Waals surface area contributed by atoms with Crippen LogP contribution in [-0.2, 0) is 19.1 Å². The average molecular weight is 622 g/mol. The van der Waals surface area contributed by atoms with Crippen LogP contribution in [0.25, 0.3) is 0 Å². The summed E-state index contributed by atoms with van der Waals surface area (Å²) in [5, 5.41) is 20.9. The topological polar surface area (TPSA) is 140 Å². The van der Waals surface area contributed by atoms with E-state index in [9.17, 15) is 24.4 Å². The molecule has 0 unspecified atom stereocenters. The number of carbonyl (C=O) groups excluding carboxylic acids is 4. The van der Waals surface area contributed by atoms with Gasteiger partial charge < -0.3 is 30.8 Å². The van der Waals surface area contributed by atoms with Gasteiger partial charge in [0.15, 0.2) is 0 Å². The maximum Gasteiger partial charge on any atom is 0.408 e. The van der Waals surface area contributed by atoms with Gasteiger partial charge in [0.1, 0.15) is 17.7 Å². The Hall–Kier alpha value is -2.66. The fourth-order valence-corrected chi connectivity index (χ4v) is 6.39. The molecule has 2 rings (SSSR count). The van der Waals surface area contributed by atoms with Crippen molar-refractivity contribution in [2.24, 2.45) is 11.8 Å².